The Morgan fingerprint density at radius 1 is 1.12 bits per heavy atom. The number of carbonyl (C=O) groups is 1. The molecule has 0 aliphatic rings. The lowest BCUT2D eigenvalue weighted by Gasteiger charge is -2.20. The second-order valence-electron chi connectivity index (χ2n) is 6.06. The van der Waals surface area contributed by atoms with E-state index < -0.39 is 0 Å². The van der Waals surface area contributed by atoms with Crippen LogP contribution in [0.15, 0.2) is 48.5 Å². The van der Waals surface area contributed by atoms with Crippen LogP contribution < -0.4 is 10.1 Å². The SMILES string of the molecule is COc1ccc(C(=O)NC(c2nc3ccccc3[nH]2)C(C)C)cc1. The van der Waals surface area contributed by atoms with Gasteiger partial charge in [0.1, 0.15) is 11.6 Å². The van der Waals surface area contributed by atoms with Crippen molar-refractivity contribution in [1.29, 1.82) is 0 Å². The molecule has 0 aliphatic carbocycles. The second kappa shape index (κ2) is 6.74. The van der Waals surface area contributed by atoms with E-state index in [9.17, 15) is 4.79 Å². The third kappa shape index (κ3) is 3.25. The van der Waals surface area contributed by atoms with Crippen molar-refractivity contribution in [3.05, 3.63) is 59.9 Å². The summed E-state index contributed by atoms with van der Waals surface area (Å²) in [5.74, 6) is 1.57. The van der Waals surface area contributed by atoms with Gasteiger partial charge in [-0.15, -0.1) is 0 Å². The van der Waals surface area contributed by atoms with Gasteiger partial charge in [0.05, 0.1) is 24.2 Å². The van der Waals surface area contributed by atoms with Crippen LogP contribution in [0.5, 0.6) is 5.75 Å². The Hall–Kier alpha value is -2.82. The minimum Gasteiger partial charge on any atom is -0.497 e. The van der Waals surface area contributed by atoms with E-state index in [1.165, 1.54) is 0 Å². The summed E-state index contributed by atoms with van der Waals surface area (Å²) in [5, 5.41) is 3.07. The summed E-state index contributed by atoms with van der Waals surface area (Å²) in [4.78, 5) is 20.5. The number of para-hydroxylation sites is 2. The Bertz CT molecular complexity index is 804. The van der Waals surface area contributed by atoms with Crippen molar-refractivity contribution < 1.29 is 9.53 Å². The van der Waals surface area contributed by atoms with Crippen LogP contribution in [0.3, 0.4) is 0 Å². The van der Waals surface area contributed by atoms with Crippen LogP contribution in [0.1, 0.15) is 36.1 Å². The fourth-order valence-corrected chi connectivity index (χ4v) is 2.64. The highest BCUT2D eigenvalue weighted by Gasteiger charge is 2.22. The molecule has 5 heteroatoms. The maximum atomic E-state index is 12.6. The maximum absolute atomic E-state index is 12.6. The predicted octanol–water partition coefficient (Wildman–Crippen LogP) is 3.70. The molecule has 0 bridgehead atoms. The number of H-pyrrole nitrogens is 1. The zero-order valence-corrected chi connectivity index (χ0v) is 14.0. The third-order valence-corrected chi connectivity index (χ3v) is 4.01. The summed E-state index contributed by atoms with van der Waals surface area (Å²) in [6, 6.07) is 14.7. The molecule has 3 aromatic rings. The standard InChI is InChI=1S/C19H21N3O2/c1-12(2)17(18-20-15-6-4-5-7-16(15)21-18)22-19(23)13-8-10-14(24-3)11-9-13/h4-12,17H,1-3H3,(H,20,21)(H,22,23). The summed E-state index contributed by atoms with van der Waals surface area (Å²) < 4.78 is 5.12. The Kier molecular flexibility index (Phi) is 4.51. The number of nitrogens with zero attached hydrogens (tertiary/aromatic N) is 1. The van der Waals surface area contributed by atoms with Crippen molar-refractivity contribution in [2.24, 2.45) is 5.92 Å². The number of aromatic nitrogens is 2. The fraction of sp³-hybridized carbons (Fsp3) is 0.263. The molecule has 0 fully saturated rings. The van der Waals surface area contributed by atoms with Crippen LogP contribution in [-0.2, 0) is 0 Å². The zero-order chi connectivity index (χ0) is 17.1. The molecule has 1 unspecified atom stereocenters. The molecule has 0 spiro atoms. The molecule has 124 valence electrons. The van der Waals surface area contributed by atoms with Gasteiger partial charge in [-0.3, -0.25) is 4.79 Å². The quantitative estimate of drug-likeness (QED) is 0.752. The van der Waals surface area contributed by atoms with Crippen molar-refractivity contribution in [1.82, 2.24) is 15.3 Å². The molecule has 0 saturated heterocycles. The van der Waals surface area contributed by atoms with Crippen LogP contribution in [0.4, 0.5) is 0 Å². The van der Waals surface area contributed by atoms with Crippen molar-refractivity contribution in [2.45, 2.75) is 19.9 Å². The number of benzene rings is 2. The lowest BCUT2D eigenvalue weighted by atomic mass is 10.0. The smallest absolute Gasteiger partial charge is 0.251 e. The molecule has 0 aliphatic heterocycles. The lowest BCUT2D eigenvalue weighted by Crippen LogP contribution is -2.32. The third-order valence-electron chi connectivity index (χ3n) is 4.01. The first-order valence-corrected chi connectivity index (χ1v) is 7.98. The van der Waals surface area contributed by atoms with Crippen LogP contribution in [0.2, 0.25) is 0 Å². The van der Waals surface area contributed by atoms with E-state index in [1.807, 2.05) is 24.3 Å². The number of ether oxygens (including phenoxy) is 1. The molecule has 2 aromatic carbocycles. The maximum Gasteiger partial charge on any atom is 0.251 e. The zero-order valence-electron chi connectivity index (χ0n) is 14.0. The molecule has 1 aromatic heterocycles. The number of hydrogen-bond donors (Lipinski definition) is 2. The molecule has 24 heavy (non-hydrogen) atoms. The molecule has 0 radical (unpaired) electrons. The van der Waals surface area contributed by atoms with Crippen LogP contribution in [0, 0.1) is 5.92 Å². The van der Waals surface area contributed by atoms with E-state index in [4.69, 9.17) is 4.74 Å². The molecular formula is C19H21N3O2. The number of amides is 1. The van der Waals surface area contributed by atoms with Crippen LogP contribution >= 0.6 is 0 Å². The Morgan fingerprint density at radius 2 is 1.83 bits per heavy atom. The first-order valence-electron chi connectivity index (χ1n) is 7.98. The summed E-state index contributed by atoms with van der Waals surface area (Å²) in [5.41, 5.74) is 2.46. The molecule has 2 N–H and O–H groups in total. The molecule has 5 nitrogen and oxygen atoms in total. The highest BCUT2D eigenvalue weighted by Crippen LogP contribution is 2.23. The largest absolute Gasteiger partial charge is 0.497 e. The number of imidazole rings is 1. The molecular weight excluding hydrogens is 302 g/mol. The van der Waals surface area contributed by atoms with E-state index in [-0.39, 0.29) is 17.9 Å². The molecule has 3 rings (SSSR count). The van der Waals surface area contributed by atoms with Gasteiger partial charge >= 0.3 is 0 Å². The number of hydrogen-bond acceptors (Lipinski definition) is 3. The summed E-state index contributed by atoms with van der Waals surface area (Å²) in [6.45, 7) is 4.12. The van der Waals surface area contributed by atoms with E-state index in [0.717, 1.165) is 22.6 Å². The first-order chi connectivity index (χ1) is 11.6. The van der Waals surface area contributed by atoms with Crippen molar-refractivity contribution in [3.63, 3.8) is 0 Å². The number of aromatic amines is 1. The average molecular weight is 323 g/mol. The van der Waals surface area contributed by atoms with Gasteiger partial charge in [0.15, 0.2) is 0 Å². The normalized spacial score (nSPS) is 12.3. The monoisotopic (exact) mass is 323 g/mol. The van der Waals surface area contributed by atoms with Gasteiger partial charge in [0.2, 0.25) is 0 Å². The molecule has 1 heterocycles. The minimum atomic E-state index is -0.188. The summed E-state index contributed by atoms with van der Waals surface area (Å²) >= 11 is 0. The number of rotatable bonds is 5. The van der Waals surface area contributed by atoms with Gasteiger partial charge in [-0.1, -0.05) is 26.0 Å². The number of carbonyl (C=O) groups excluding carboxylic acids is 1. The highest BCUT2D eigenvalue weighted by molar-refractivity contribution is 5.94. The van der Waals surface area contributed by atoms with Crippen molar-refractivity contribution >= 4 is 16.9 Å². The van der Waals surface area contributed by atoms with Gasteiger partial charge in [-0.05, 0) is 42.3 Å². The predicted molar refractivity (Wildman–Crippen MR) is 94.1 cm³/mol. The Morgan fingerprint density at radius 3 is 2.46 bits per heavy atom. The Labute approximate surface area is 141 Å². The minimum absolute atomic E-state index is 0.128. The van der Waals surface area contributed by atoms with Gasteiger partial charge < -0.3 is 15.0 Å². The fourth-order valence-electron chi connectivity index (χ4n) is 2.64. The van der Waals surface area contributed by atoms with Crippen LogP contribution in [-0.4, -0.2) is 23.0 Å². The number of fused-ring (bicyclic) bond motifs is 1. The van der Waals surface area contributed by atoms with Gasteiger partial charge in [0.25, 0.3) is 5.91 Å². The van der Waals surface area contributed by atoms with E-state index in [1.54, 1.807) is 31.4 Å². The molecule has 0 saturated carbocycles. The van der Waals surface area contributed by atoms with Crippen molar-refractivity contribution in [3.8, 4) is 5.75 Å². The molecule has 1 amide bonds. The van der Waals surface area contributed by atoms with Gasteiger partial charge in [-0.2, -0.15) is 0 Å². The van der Waals surface area contributed by atoms with E-state index >= 15 is 0 Å². The lowest BCUT2D eigenvalue weighted by molar-refractivity contribution is 0.0923. The number of methoxy groups -OCH3 is 1. The number of nitrogens with one attached hydrogen (secondary N) is 2. The first kappa shape index (κ1) is 16.1. The average Bonchev–Trinajstić information content (AvgIpc) is 3.02. The van der Waals surface area contributed by atoms with E-state index in [0.29, 0.717) is 5.56 Å². The summed E-state index contributed by atoms with van der Waals surface area (Å²) in [7, 11) is 1.60. The van der Waals surface area contributed by atoms with Crippen LogP contribution in [0.25, 0.3) is 11.0 Å². The van der Waals surface area contributed by atoms with E-state index in [2.05, 4.69) is 29.1 Å². The summed E-state index contributed by atoms with van der Waals surface area (Å²) in [6.07, 6.45) is 0. The topological polar surface area (TPSA) is 67.0 Å². The second-order valence-corrected chi connectivity index (χ2v) is 6.06. The highest BCUT2D eigenvalue weighted by atomic mass is 16.5. The van der Waals surface area contributed by atoms with Crippen molar-refractivity contribution in [2.75, 3.05) is 7.11 Å². The van der Waals surface area contributed by atoms with Gasteiger partial charge in [0, 0.05) is 5.56 Å². The Balaban J connectivity index is 1.84. The molecule has 1 atom stereocenters. The van der Waals surface area contributed by atoms with Gasteiger partial charge in [-0.25, -0.2) is 4.98 Å².